The van der Waals surface area contributed by atoms with Crippen LogP contribution in [0, 0.1) is 10.1 Å². The summed E-state index contributed by atoms with van der Waals surface area (Å²) in [5.41, 5.74) is 1.90. The van der Waals surface area contributed by atoms with Crippen LogP contribution < -0.4 is 9.64 Å². The average Bonchev–Trinajstić information content (AvgIpc) is 2.74. The van der Waals surface area contributed by atoms with Crippen molar-refractivity contribution >= 4 is 17.3 Å². The van der Waals surface area contributed by atoms with E-state index in [1.807, 2.05) is 24.3 Å². The zero-order valence-corrected chi connectivity index (χ0v) is 15.3. The molecule has 8 heteroatoms. The summed E-state index contributed by atoms with van der Waals surface area (Å²) in [7, 11) is 0. The Morgan fingerprint density at radius 2 is 1.82 bits per heavy atom. The summed E-state index contributed by atoms with van der Waals surface area (Å²) in [6, 6.07) is 14.1. The van der Waals surface area contributed by atoms with Crippen molar-refractivity contribution in [3.05, 3.63) is 64.2 Å². The van der Waals surface area contributed by atoms with Crippen LogP contribution in [0.2, 0.25) is 0 Å². The Balaban J connectivity index is 1.55. The molecule has 1 saturated heterocycles. The molecule has 0 N–H and O–H groups in total. The lowest BCUT2D eigenvalue weighted by atomic mass is 10.1. The number of nitrogens with zero attached hydrogens (tertiary/aromatic N) is 3. The highest BCUT2D eigenvalue weighted by Gasteiger charge is 2.34. The van der Waals surface area contributed by atoms with Crippen molar-refractivity contribution in [1.82, 2.24) is 4.90 Å². The topological polar surface area (TPSA) is 85.2 Å². The number of ether oxygens (including phenoxy) is 2. The molecular weight excluding hydrogens is 362 g/mol. The van der Waals surface area contributed by atoms with Gasteiger partial charge in [0.05, 0.1) is 30.4 Å². The van der Waals surface area contributed by atoms with Gasteiger partial charge in [-0.1, -0.05) is 24.3 Å². The number of carbonyl (C=O) groups excluding carboxylic acids is 1. The molecule has 1 atom stereocenters. The number of anilines is 1. The molecule has 1 unspecified atom stereocenters. The monoisotopic (exact) mass is 383 g/mol. The Labute approximate surface area is 162 Å². The van der Waals surface area contributed by atoms with Crippen LogP contribution in [0.5, 0.6) is 5.75 Å². The lowest BCUT2D eigenvalue weighted by Gasteiger charge is -2.38. The maximum Gasteiger partial charge on any atom is 0.269 e. The number of rotatable bonds is 4. The Kier molecular flexibility index (Phi) is 5.12. The predicted molar refractivity (Wildman–Crippen MR) is 102 cm³/mol. The summed E-state index contributed by atoms with van der Waals surface area (Å²) in [5.74, 6) is 0.633. The largest absolute Gasteiger partial charge is 0.477 e. The zero-order chi connectivity index (χ0) is 19.5. The number of hydrogen-bond donors (Lipinski definition) is 0. The molecule has 2 aromatic carbocycles. The van der Waals surface area contributed by atoms with Gasteiger partial charge in [0, 0.05) is 31.8 Å². The van der Waals surface area contributed by atoms with Crippen LogP contribution in [0.1, 0.15) is 5.56 Å². The number of hydrogen-bond acceptors (Lipinski definition) is 6. The number of nitro groups is 1. The van der Waals surface area contributed by atoms with E-state index in [4.69, 9.17) is 9.47 Å². The van der Waals surface area contributed by atoms with Crippen molar-refractivity contribution in [3.63, 3.8) is 0 Å². The van der Waals surface area contributed by atoms with E-state index in [1.54, 1.807) is 17.0 Å². The Hall–Kier alpha value is -3.13. The Morgan fingerprint density at radius 1 is 1.11 bits per heavy atom. The molecule has 2 heterocycles. The third-order valence-corrected chi connectivity index (χ3v) is 4.98. The molecule has 146 valence electrons. The summed E-state index contributed by atoms with van der Waals surface area (Å²) < 4.78 is 11.3. The highest BCUT2D eigenvalue weighted by Crippen LogP contribution is 2.34. The number of benzene rings is 2. The van der Waals surface area contributed by atoms with E-state index in [-0.39, 0.29) is 11.6 Å². The van der Waals surface area contributed by atoms with Gasteiger partial charge in [0.2, 0.25) is 0 Å². The molecule has 2 aliphatic rings. The molecule has 4 rings (SSSR count). The highest BCUT2D eigenvalue weighted by molar-refractivity contribution is 5.83. The van der Waals surface area contributed by atoms with Gasteiger partial charge in [-0.05, 0) is 17.7 Å². The second-order valence-corrected chi connectivity index (χ2v) is 6.82. The van der Waals surface area contributed by atoms with E-state index >= 15 is 0 Å². The first-order valence-corrected chi connectivity index (χ1v) is 9.22. The normalized spacial score (nSPS) is 18.9. The maximum absolute atomic E-state index is 12.9. The summed E-state index contributed by atoms with van der Waals surface area (Å²) in [6.45, 7) is 3.18. The first kappa shape index (κ1) is 18.2. The first-order valence-electron chi connectivity index (χ1n) is 9.22. The van der Waals surface area contributed by atoms with Crippen LogP contribution in [0.3, 0.4) is 0 Å². The second-order valence-electron chi connectivity index (χ2n) is 6.82. The van der Waals surface area contributed by atoms with Gasteiger partial charge in [0.1, 0.15) is 5.75 Å². The van der Waals surface area contributed by atoms with Crippen LogP contribution in [0.4, 0.5) is 11.4 Å². The van der Waals surface area contributed by atoms with E-state index in [9.17, 15) is 14.9 Å². The van der Waals surface area contributed by atoms with Crippen molar-refractivity contribution < 1.29 is 19.2 Å². The molecular formula is C20H21N3O5. The van der Waals surface area contributed by atoms with Gasteiger partial charge in [-0.3, -0.25) is 14.9 Å². The fourth-order valence-electron chi connectivity index (χ4n) is 3.52. The minimum absolute atomic E-state index is 0.0356. The third-order valence-electron chi connectivity index (χ3n) is 4.98. The molecule has 2 aliphatic heterocycles. The van der Waals surface area contributed by atoms with Crippen LogP contribution in [-0.4, -0.2) is 54.7 Å². The molecule has 8 nitrogen and oxygen atoms in total. The summed E-state index contributed by atoms with van der Waals surface area (Å²) in [4.78, 5) is 27.2. The van der Waals surface area contributed by atoms with Crippen molar-refractivity contribution in [2.24, 2.45) is 0 Å². The minimum atomic E-state index is -0.592. The number of carbonyl (C=O) groups is 1. The second kappa shape index (κ2) is 7.85. The molecule has 0 aliphatic carbocycles. The molecule has 0 aromatic heterocycles. The number of morpholine rings is 1. The standard InChI is InChI=1S/C20H21N3O5/c24-20(21-9-11-27-12-10-21)19-14-22(17-3-1-2-4-18(17)28-19)13-15-5-7-16(8-6-15)23(25)26/h1-8,19H,9-14H2. The average molecular weight is 383 g/mol. The molecule has 0 spiro atoms. The highest BCUT2D eigenvalue weighted by atomic mass is 16.6. The molecule has 2 aromatic rings. The van der Waals surface area contributed by atoms with E-state index in [1.165, 1.54) is 12.1 Å². The van der Waals surface area contributed by atoms with Crippen LogP contribution in [0.15, 0.2) is 48.5 Å². The SMILES string of the molecule is O=C(C1CN(Cc2ccc([N+](=O)[O-])cc2)c2ccccc2O1)N1CCOCC1. The van der Waals surface area contributed by atoms with Crippen molar-refractivity contribution in [3.8, 4) is 5.75 Å². The van der Waals surface area contributed by atoms with E-state index in [2.05, 4.69) is 4.90 Å². The summed E-state index contributed by atoms with van der Waals surface area (Å²) in [5, 5.41) is 10.9. The first-order chi connectivity index (χ1) is 13.6. The quantitative estimate of drug-likeness (QED) is 0.595. The van der Waals surface area contributed by atoms with Gasteiger partial charge in [-0.25, -0.2) is 0 Å². The minimum Gasteiger partial charge on any atom is -0.477 e. The van der Waals surface area contributed by atoms with E-state index in [0.29, 0.717) is 45.1 Å². The van der Waals surface area contributed by atoms with Crippen molar-refractivity contribution in [2.45, 2.75) is 12.6 Å². The molecule has 28 heavy (non-hydrogen) atoms. The number of fused-ring (bicyclic) bond motifs is 1. The lowest BCUT2D eigenvalue weighted by Crippen LogP contribution is -2.52. The summed E-state index contributed by atoms with van der Waals surface area (Å²) >= 11 is 0. The third kappa shape index (κ3) is 3.77. The molecule has 0 radical (unpaired) electrons. The van der Waals surface area contributed by atoms with Crippen LogP contribution in [0.25, 0.3) is 0 Å². The van der Waals surface area contributed by atoms with E-state index < -0.39 is 11.0 Å². The van der Waals surface area contributed by atoms with Gasteiger partial charge in [0.25, 0.3) is 11.6 Å². The fraction of sp³-hybridized carbons (Fsp3) is 0.350. The van der Waals surface area contributed by atoms with Gasteiger partial charge in [-0.15, -0.1) is 0 Å². The zero-order valence-electron chi connectivity index (χ0n) is 15.3. The maximum atomic E-state index is 12.9. The lowest BCUT2D eigenvalue weighted by molar-refractivity contribution is -0.384. The van der Waals surface area contributed by atoms with Gasteiger partial charge in [-0.2, -0.15) is 0 Å². The summed E-state index contributed by atoms with van der Waals surface area (Å²) in [6.07, 6.45) is -0.592. The van der Waals surface area contributed by atoms with Gasteiger partial charge < -0.3 is 19.3 Å². The Bertz CT molecular complexity index is 864. The van der Waals surface area contributed by atoms with Gasteiger partial charge >= 0.3 is 0 Å². The number of nitro benzene ring substituents is 1. The number of para-hydroxylation sites is 2. The van der Waals surface area contributed by atoms with Crippen LogP contribution in [-0.2, 0) is 16.1 Å². The fourth-order valence-corrected chi connectivity index (χ4v) is 3.52. The smallest absolute Gasteiger partial charge is 0.269 e. The molecule has 1 fully saturated rings. The molecule has 0 saturated carbocycles. The predicted octanol–water partition coefficient (Wildman–Crippen LogP) is 2.22. The van der Waals surface area contributed by atoms with Crippen molar-refractivity contribution in [1.29, 1.82) is 0 Å². The number of amides is 1. The van der Waals surface area contributed by atoms with Crippen LogP contribution >= 0.6 is 0 Å². The number of non-ortho nitro benzene ring substituents is 1. The molecule has 0 bridgehead atoms. The molecule has 1 amide bonds. The van der Waals surface area contributed by atoms with Crippen molar-refractivity contribution in [2.75, 3.05) is 37.7 Å². The van der Waals surface area contributed by atoms with Gasteiger partial charge in [0.15, 0.2) is 6.10 Å². The Morgan fingerprint density at radius 3 is 2.54 bits per heavy atom. The van der Waals surface area contributed by atoms with E-state index in [0.717, 1.165) is 11.3 Å².